The van der Waals surface area contributed by atoms with Gasteiger partial charge in [0.2, 0.25) is 0 Å². The first-order valence-electron chi connectivity index (χ1n) is 15.5. The summed E-state index contributed by atoms with van der Waals surface area (Å²) >= 11 is 0. The van der Waals surface area contributed by atoms with Gasteiger partial charge in [-0.3, -0.25) is 0 Å². The topological polar surface area (TPSA) is 54.0 Å². The molecule has 0 aliphatic carbocycles. The average molecular weight is 515 g/mol. The third-order valence-electron chi connectivity index (χ3n) is 7.07. The largest absolute Gasteiger partial charge is 0.464 e. The van der Waals surface area contributed by atoms with Crippen molar-refractivity contribution in [2.45, 2.75) is 149 Å². The lowest BCUT2D eigenvalue weighted by Crippen LogP contribution is -2.19. The van der Waals surface area contributed by atoms with Crippen molar-refractivity contribution in [3.63, 3.8) is 0 Å². The molecular formula is C31H62O5. The van der Waals surface area contributed by atoms with Gasteiger partial charge in [-0.25, -0.2) is 4.79 Å². The Morgan fingerprint density at radius 3 is 1.58 bits per heavy atom. The quantitative estimate of drug-likeness (QED) is 0.0738. The number of hydrogen-bond donors (Lipinski definition) is 0. The summed E-state index contributed by atoms with van der Waals surface area (Å²) in [5.74, 6) is 0.410. The summed E-state index contributed by atoms with van der Waals surface area (Å²) in [6, 6.07) is 0. The third-order valence-corrected chi connectivity index (χ3v) is 7.07. The highest BCUT2D eigenvalue weighted by molar-refractivity contribution is 5.70. The molecule has 0 N–H and O–H groups in total. The Balaban J connectivity index is 4.01. The molecule has 216 valence electrons. The molecule has 0 aromatic carbocycles. The number of carbonyl (C=O) groups excluding carboxylic acids is 1. The number of hydrogen-bond acceptors (Lipinski definition) is 5. The van der Waals surface area contributed by atoms with E-state index in [1.165, 1.54) is 116 Å². The van der Waals surface area contributed by atoms with E-state index in [0.717, 1.165) is 6.42 Å². The number of unbranched alkanes of at least 4 members (excludes halogenated alkanes) is 14. The molecule has 0 saturated heterocycles. The van der Waals surface area contributed by atoms with Crippen LogP contribution in [0.25, 0.3) is 0 Å². The maximum absolute atomic E-state index is 12.0. The Labute approximate surface area is 224 Å². The molecule has 0 aromatic heterocycles. The second-order valence-corrected chi connectivity index (χ2v) is 10.6. The summed E-state index contributed by atoms with van der Waals surface area (Å²) in [5, 5.41) is 0. The van der Waals surface area contributed by atoms with Crippen molar-refractivity contribution in [1.82, 2.24) is 0 Å². The highest BCUT2D eigenvalue weighted by atomic mass is 16.6. The standard InChI is InChI=1S/C31H62O5/c1-5-7-9-11-13-15-17-19-21-30(22-20-18-16-14-12-10-8-6-2)23-24-36-31(32)28-35-26-25-34-27-29(3)33-4/h29-30H,5-28H2,1-4H3. The smallest absolute Gasteiger partial charge is 0.332 e. The lowest BCUT2D eigenvalue weighted by Gasteiger charge is -2.17. The molecule has 0 radical (unpaired) electrons. The van der Waals surface area contributed by atoms with Crippen LogP contribution in [0.4, 0.5) is 0 Å². The van der Waals surface area contributed by atoms with Crippen molar-refractivity contribution in [3.05, 3.63) is 0 Å². The highest BCUT2D eigenvalue weighted by Crippen LogP contribution is 2.22. The Morgan fingerprint density at radius 1 is 0.611 bits per heavy atom. The van der Waals surface area contributed by atoms with Crippen molar-refractivity contribution in [1.29, 1.82) is 0 Å². The molecule has 0 spiro atoms. The van der Waals surface area contributed by atoms with Crippen LogP contribution in [0, 0.1) is 5.92 Å². The van der Waals surface area contributed by atoms with Gasteiger partial charge in [0.15, 0.2) is 0 Å². The van der Waals surface area contributed by atoms with Crippen LogP contribution in [0.2, 0.25) is 0 Å². The fourth-order valence-corrected chi connectivity index (χ4v) is 4.54. The van der Waals surface area contributed by atoms with Gasteiger partial charge in [0.05, 0.1) is 32.5 Å². The van der Waals surface area contributed by atoms with Gasteiger partial charge >= 0.3 is 5.97 Å². The summed E-state index contributed by atoms with van der Waals surface area (Å²) < 4.78 is 21.4. The molecule has 0 amide bonds. The lowest BCUT2D eigenvalue weighted by atomic mass is 9.91. The summed E-state index contributed by atoms with van der Waals surface area (Å²) in [6.07, 6.45) is 25.4. The van der Waals surface area contributed by atoms with Crippen molar-refractivity contribution >= 4 is 5.97 Å². The molecule has 5 heteroatoms. The van der Waals surface area contributed by atoms with Crippen molar-refractivity contribution in [2.24, 2.45) is 5.92 Å². The molecule has 0 rings (SSSR count). The molecule has 1 unspecified atom stereocenters. The first-order valence-corrected chi connectivity index (χ1v) is 15.5. The van der Waals surface area contributed by atoms with Crippen LogP contribution < -0.4 is 0 Å². The molecule has 0 fully saturated rings. The molecule has 0 aliphatic heterocycles. The van der Waals surface area contributed by atoms with E-state index in [-0.39, 0.29) is 18.7 Å². The number of rotatable bonds is 29. The van der Waals surface area contributed by atoms with Gasteiger partial charge in [0.25, 0.3) is 0 Å². The molecule has 0 bridgehead atoms. The summed E-state index contributed by atoms with van der Waals surface area (Å²) in [7, 11) is 1.66. The van der Waals surface area contributed by atoms with E-state index < -0.39 is 0 Å². The molecule has 5 nitrogen and oxygen atoms in total. The lowest BCUT2D eigenvalue weighted by molar-refractivity contribution is -0.150. The van der Waals surface area contributed by atoms with Crippen LogP contribution in [0.3, 0.4) is 0 Å². The van der Waals surface area contributed by atoms with E-state index in [0.29, 0.717) is 32.3 Å². The van der Waals surface area contributed by atoms with Crippen LogP contribution in [-0.2, 0) is 23.7 Å². The van der Waals surface area contributed by atoms with E-state index in [2.05, 4.69) is 13.8 Å². The Bertz CT molecular complexity index is 423. The molecule has 36 heavy (non-hydrogen) atoms. The predicted molar refractivity (Wildman–Crippen MR) is 152 cm³/mol. The van der Waals surface area contributed by atoms with Gasteiger partial charge in [-0.05, 0) is 19.3 Å². The third kappa shape index (κ3) is 26.4. The zero-order chi connectivity index (χ0) is 26.5. The molecule has 0 aromatic rings. The normalized spacial score (nSPS) is 12.4. The maximum atomic E-state index is 12.0. The molecule has 0 saturated carbocycles. The monoisotopic (exact) mass is 514 g/mol. The van der Waals surface area contributed by atoms with Gasteiger partial charge in [0, 0.05) is 7.11 Å². The molecule has 0 heterocycles. The van der Waals surface area contributed by atoms with Gasteiger partial charge in [-0.15, -0.1) is 0 Å². The first kappa shape index (κ1) is 35.4. The van der Waals surface area contributed by atoms with E-state index in [1.54, 1.807) is 7.11 Å². The maximum Gasteiger partial charge on any atom is 0.332 e. The van der Waals surface area contributed by atoms with Crippen LogP contribution in [0.1, 0.15) is 143 Å². The summed E-state index contributed by atoms with van der Waals surface area (Å²) in [6.45, 7) is 8.41. The summed E-state index contributed by atoms with van der Waals surface area (Å²) in [4.78, 5) is 12.0. The van der Waals surface area contributed by atoms with Crippen LogP contribution in [0.5, 0.6) is 0 Å². The van der Waals surface area contributed by atoms with Crippen LogP contribution in [0.15, 0.2) is 0 Å². The minimum absolute atomic E-state index is 0.00389. The predicted octanol–water partition coefficient (Wildman–Crippen LogP) is 8.67. The zero-order valence-electron chi connectivity index (χ0n) is 24.7. The summed E-state index contributed by atoms with van der Waals surface area (Å²) in [5.41, 5.74) is 0. The Kier molecular flexibility index (Phi) is 28.4. The second-order valence-electron chi connectivity index (χ2n) is 10.6. The van der Waals surface area contributed by atoms with Gasteiger partial charge in [-0.2, -0.15) is 0 Å². The Hall–Kier alpha value is -0.650. The van der Waals surface area contributed by atoms with E-state index in [9.17, 15) is 4.79 Å². The number of methoxy groups -OCH3 is 1. The first-order chi connectivity index (χ1) is 17.6. The van der Waals surface area contributed by atoms with Gasteiger partial charge in [-0.1, -0.05) is 129 Å². The van der Waals surface area contributed by atoms with E-state index >= 15 is 0 Å². The van der Waals surface area contributed by atoms with Gasteiger partial charge < -0.3 is 18.9 Å². The molecule has 1 atom stereocenters. The fourth-order valence-electron chi connectivity index (χ4n) is 4.54. The molecular weight excluding hydrogens is 452 g/mol. The highest BCUT2D eigenvalue weighted by Gasteiger charge is 2.11. The van der Waals surface area contributed by atoms with Crippen molar-refractivity contribution in [2.75, 3.05) is 40.1 Å². The number of esters is 1. The average Bonchev–Trinajstić information content (AvgIpc) is 2.88. The number of carbonyl (C=O) groups is 1. The van der Waals surface area contributed by atoms with E-state index in [4.69, 9.17) is 18.9 Å². The fraction of sp³-hybridized carbons (Fsp3) is 0.968. The number of ether oxygens (including phenoxy) is 4. The van der Waals surface area contributed by atoms with Crippen LogP contribution in [-0.4, -0.2) is 52.2 Å². The van der Waals surface area contributed by atoms with Crippen molar-refractivity contribution in [3.8, 4) is 0 Å². The van der Waals surface area contributed by atoms with Crippen molar-refractivity contribution < 1.29 is 23.7 Å². The Morgan fingerprint density at radius 2 is 1.08 bits per heavy atom. The minimum Gasteiger partial charge on any atom is -0.464 e. The zero-order valence-corrected chi connectivity index (χ0v) is 24.7. The second kappa shape index (κ2) is 28.9. The SMILES string of the molecule is CCCCCCCCCCC(CCCCCCCCCC)CCOC(=O)COCCOCC(C)OC. The van der Waals surface area contributed by atoms with Gasteiger partial charge in [0.1, 0.15) is 6.61 Å². The van der Waals surface area contributed by atoms with E-state index in [1.807, 2.05) is 6.92 Å². The minimum atomic E-state index is -0.266. The van der Waals surface area contributed by atoms with Crippen LogP contribution >= 0.6 is 0 Å². The molecule has 0 aliphatic rings.